The number of aromatic nitrogens is 1. The van der Waals surface area contributed by atoms with Crippen molar-refractivity contribution in [1.29, 1.82) is 0 Å². The number of carbonyl (C=O) groups is 2. The second-order valence-electron chi connectivity index (χ2n) is 4.68. The Hall–Kier alpha value is -2.96. The van der Waals surface area contributed by atoms with Crippen molar-refractivity contribution in [3.8, 4) is 0 Å². The first-order chi connectivity index (χ1) is 10.2. The number of H-pyrrole nitrogens is 1. The molecule has 2 amide bonds. The molecule has 2 aromatic rings. The maximum atomic E-state index is 11.8. The molecule has 7 nitrogen and oxygen atoms in total. The van der Waals surface area contributed by atoms with Crippen LogP contribution in [0, 0.1) is 5.92 Å². The van der Waals surface area contributed by atoms with E-state index in [1.54, 1.807) is 19.3 Å². The summed E-state index contributed by atoms with van der Waals surface area (Å²) in [5.74, 6) is -1.34. The normalized spacial score (nSPS) is 18.0. The fourth-order valence-corrected chi connectivity index (χ4v) is 2.10. The molecule has 0 saturated heterocycles. The van der Waals surface area contributed by atoms with Gasteiger partial charge < -0.3 is 4.98 Å². The lowest BCUT2D eigenvalue weighted by Crippen LogP contribution is -2.32. The monoisotopic (exact) mass is 283 g/mol. The molecular weight excluding hydrogens is 270 g/mol. The van der Waals surface area contributed by atoms with Gasteiger partial charge in [-0.2, -0.15) is 10.2 Å². The number of nitrogens with zero attached hydrogens (tertiary/aromatic N) is 2. The Morgan fingerprint density at radius 2 is 2.24 bits per heavy atom. The number of rotatable bonds is 3. The van der Waals surface area contributed by atoms with Gasteiger partial charge in [-0.1, -0.05) is 18.2 Å². The predicted octanol–water partition coefficient (Wildman–Crippen LogP) is 0.740. The first-order valence-electron chi connectivity index (χ1n) is 6.44. The molecule has 0 aliphatic carbocycles. The summed E-state index contributed by atoms with van der Waals surface area (Å²) >= 11 is 0. The van der Waals surface area contributed by atoms with Gasteiger partial charge in [0, 0.05) is 22.7 Å². The fraction of sp³-hybridized carbons (Fsp3) is 0.143. The molecule has 2 heterocycles. The third-order valence-corrected chi connectivity index (χ3v) is 3.31. The second kappa shape index (κ2) is 5.20. The van der Waals surface area contributed by atoms with Crippen LogP contribution in [0.5, 0.6) is 0 Å². The number of hydrazone groups is 2. The van der Waals surface area contributed by atoms with Crippen LogP contribution in [-0.4, -0.2) is 28.7 Å². The van der Waals surface area contributed by atoms with E-state index in [1.807, 2.05) is 24.3 Å². The van der Waals surface area contributed by atoms with Crippen LogP contribution < -0.4 is 10.9 Å². The van der Waals surface area contributed by atoms with Crippen molar-refractivity contribution in [2.45, 2.75) is 6.92 Å². The average molecular weight is 283 g/mol. The molecule has 0 radical (unpaired) electrons. The summed E-state index contributed by atoms with van der Waals surface area (Å²) in [5, 5.41) is 8.60. The number of para-hydroxylation sites is 1. The summed E-state index contributed by atoms with van der Waals surface area (Å²) in [6, 6.07) is 7.78. The Labute approximate surface area is 120 Å². The third kappa shape index (κ3) is 2.40. The molecule has 0 saturated carbocycles. The van der Waals surface area contributed by atoms with E-state index in [4.69, 9.17) is 0 Å². The van der Waals surface area contributed by atoms with Crippen molar-refractivity contribution >= 4 is 34.6 Å². The molecule has 0 spiro atoms. The number of nitrogens with one attached hydrogen (secondary N) is 3. The van der Waals surface area contributed by atoms with E-state index >= 15 is 0 Å². The van der Waals surface area contributed by atoms with Gasteiger partial charge in [-0.3, -0.25) is 9.59 Å². The van der Waals surface area contributed by atoms with Crippen molar-refractivity contribution in [2.24, 2.45) is 16.1 Å². The SMILES string of the molecule is CC1C(=O)NN=C1C(=O)NN=Cc1c[nH]c2ccccc12. The molecule has 1 aromatic heterocycles. The van der Waals surface area contributed by atoms with Crippen molar-refractivity contribution < 1.29 is 9.59 Å². The molecule has 1 atom stereocenters. The van der Waals surface area contributed by atoms with E-state index < -0.39 is 11.8 Å². The van der Waals surface area contributed by atoms with Crippen LogP contribution in [0.4, 0.5) is 0 Å². The van der Waals surface area contributed by atoms with Crippen molar-refractivity contribution in [3.63, 3.8) is 0 Å². The van der Waals surface area contributed by atoms with Crippen LogP contribution in [-0.2, 0) is 9.59 Å². The minimum Gasteiger partial charge on any atom is -0.361 e. The van der Waals surface area contributed by atoms with Gasteiger partial charge in [0.1, 0.15) is 5.71 Å². The maximum absolute atomic E-state index is 11.8. The van der Waals surface area contributed by atoms with Crippen molar-refractivity contribution in [3.05, 3.63) is 36.0 Å². The summed E-state index contributed by atoms with van der Waals surface area (Å²) in [5.41, 5.74) is 6.62. The summed E-state index contributed by atoms with van der Waals surface area (Å²) in [6.45, 7) is 1.62. The molecule has 0 fully saturated rings. The van der Waals surface area contributed by atoms with Gasteiger partial charge in [0.25, 0.3) is 5.91 Å². The standard InChI is InChI=1S/C14H13N5O2/c1-8-12(17-19-13(8)20)14(21)18-16-7-9-6-15-11-5-3-2-4-10(9)11/h2-8,15H,1H3,(H,18,21)(H,19,20). The topological polar surface area (TPSA) is 98.7 Å². The molecule has 1 aromatic carbocycles. The van der Waals surface area contributed by atoms with Gasteiger partial charge in [0.2, 0.25) is 5.91 Å². The smallest absolute Gasteiger partial charge is 0.288 e. The highest BCUT2D eigenvalue weighted by molar-refractivity contribution is 6.44. The highest BCUT2D eigenvalue weighted by atomic mass is 16.2. The largest absolute Gasteiger partial charge is 0.361 e. The highest BCUT2D eigenvalue weighted by Gasteiger charge is 2.30. The van der Waals surface area contributed by atoms with Gasteiger partial charge in [-0.25, -0.2) is 10.9 Å². The van der Waals surface area contributed by atoms with Gasteiger partial charge >= 0.3 is 0 Å². The van der Waals surface area contributed by atoms with E-state index in [0.717, 1.165) is 16.5 Å². The molecule has 7 heteroatoms. The first-order valence-corrected chi connectivity index (χ1v) is 6.44. The number of amides is 2. The molecule has 21 heavy (non-hydrogen) atoms. The summed E-state index contributed by atoms with van der Waals surface area (Å²) in [4.78, 5) is 26.2. The number of carbonyl (C=O) groups excluding carboxylic acids is 2. The molecule has 3 rings (SSSR count). The lowest BCUT2D eigenvalue weighted by Gasteiger charge is -2.01. The number of aromatic amines is 1. The van der Waals surface area contributed by atoms with Crippen LogP contribution in [0.25, 0.3) is 10.9 Å². The molecule has 1 aliphatic heterocycles. The Morgan fingerprint density at radius 3 is 3.00 bits per heavy atom. The zero-order chi connectivity index (χ0) is 14.8. The number of hydrogen-bond acceptors (Lipinski definition) is 4. The third-order valence-electron chi connectivity index (χ3n) is 3.31. The highest BCUT2D eigenvalue weighted by Crippen LogP contribution is 2.15. The second-order valence-corrected chi connectivity index (χ2v) is 4.68. The van der Waals surface area contributed by atoms with Gasteiger partial charge in [0.15, 0.2) is 0 Å². The average Bonchev–Trinajstić information content (AvgIpc) is 3.04. The Kier molecular flexibility index (Phi) is 3.23. The number of benzene rings is 1. The quantitative estimate of drug-likeness (QED) is 0.572. The molecule has 3 N–H and O–H groups in total. The zero-order valence-electron chi connectivity index (χ0n) is 11.3. The van der Waals surface area contributed by atoms with Crippen LogP contribution in [0.3, 0.4) is 0 Å². The van der Waals surface area contributed by atoms with E-state index in [2.05, 4.69) is 26.0 Å². The Balaban J connectivity index is 1.70. The molecular formula is C14H13N5O2. The lowest BCUT2D eigenvalue weighted by molar-refractivity contribution is -0.122. The minimum absolute atomic E-state index is 0.135. The number of hydrogen-bond donors (Lipinski definition) is 3. The molecule has 1 aliphatic rings. The first kappa shape index (κ1) is 13.0. The predicted molar refractivity (Wildman–Crippen MR) is 78.8 cm³/mol. The molecule has 1 unspecified atom stereocenters. The minimum atomic E-state index is -0.562. The van der Waals surface area contributed by atoms with Crippen molar-refractivity contribution in [2.75, 3.05) is 0 Å². The summed E-state index contributed by atoms with van der Waals surface area (Å²) < 4.78 is 0. The Morgan fingerprint density at radius 1 is 1.43 bits per heavy atom. The van der Waals surface area contributed by atoms with Crippen LogP contribution in [0.15, 0.2) is 40.7 Å². The van der Waals surface area contributed by atoms with Gasteiger partial charge in [0.05, 0.1) is 12.1 Å². The van der Waals surface area contributed by atoms with E-state index in [9.17, 15) is 9.59 Å². The van der Waals surface area contributed by atoms with Crippen molar-refractivity contribution in [1.82, 2.24) is 15.8 Å². The fourth-order valence-electron chi connectivity index (χ4n) is 2.10. The lowest BCUT2D eigenvalue weighted by atomic mass is 10.1. The Bertz CT molecular complexity index is 775. The zero-order valence-corrected chi connectivity index (χ0v) is 11.3. The molecule has 0 bridgehead atoms. The van der Waals surface area contributed by atoms with E-state index in [-0.39, 0.29) is 11.6 Å². The van der Waals surface area contributed by atoms with E-state index in [1.165, 1.54) is 0 Å². The van der Waals surface area contributed by atoms with E-state index in [0.29, 0.717) is 0 Å². The molecule has 106 valence electrons. The summed E-state index contributed by atoms with van der Waals surface area (Å²) in [6.07, 6.45) is 3.35. The van der Waals surface area contributed by atoms with Gasteiger partial charge in [-0.15, -0.1) is 0 Å². The summed E-state index contributed by atoms with van der Waals surface area (Å²) in [7, 11) is 0. The van der Waals surface area contributed by atoms with Crippen LogP contribution in [0.1, 0.15) is 12.5 Å². The number of fused-ring (bicyclic) bond motifs is 1. The van der Waals surface area contributed by atoms with Gasteiger partial charge in [-0.05, 0) is 13.0 Å². The van der Waals surface area contributed by atoms with Crippen LogP contribution in [0.2, 0.25) is 0 Å². The maximum Gasteiger partial charge on any atom is 0.288 e. The van der Waals surface area contributed by atoms with Crippen LogP contribution >= 0.6 is 0 Å².